The van der Waals surface area contributed by atoms with E-state index in [2.05, 4.69) is 41.9 Å². The zero-order valence-corrected chi connectivity index (χ0v) is 9.01. The van der Waals surface area contributed by atoms with E-state index in [1.54, 1.807) is 0 Å². The fourth-order valence-electron chi connectivity index (χ4n) is 1.10. The van der Waals surface area contributed by atoms with E-state index in [0.717, 1.165) is 4.47 Å². The van der Waals surface area contributed by atoms with Gasteiger partial charge in [-0.3, -0.25) is 0 Å². The molecule has 0 amide bonds. The van der Waals surface area contributed by atoms with Gasteiger partial charge < -0.3 is 5.73 Å². The summed E-state index contributed by atoms with van der Waals surface area (Å²) < 4.78 is 1.09. The third-order valence-corrected chi connectivity index (χ3v) is 2.45. The first-order valence-corrected chi connectivity index (χ1v) is 4.91. The van der Waals surface area contributed by atoms with Crippen LogP contribution in [-0.2, 0) is 0 Å². The summed E-state index contributed by atoms with van der Waals surface area (Å²) in [5.41, 5.74) is 7.18. The van der Waals surface area contributed by atoms with Crippen LogP contribution in [0.1, 0.15) is 25.5 Å². The molecule has 66 valence electrons. The Hall–Kier alpha value is -0.340. The number of hydrogen-bond acceptors (Lipinski definition) is 1. The maximum absolute atomic E-state index is 5.99. The Morgan fingerprint density at radius 3 is 2.50 bits per heavy atom. The number of halogens is 1. The molecule has 0 spiro atoms. The van der Waals surface area contributed by atoms with Crippen molar-refractivity contribution in [1.29, 1.82) is 0 Å². The minimum absolute atomic E-state index is 0.141. The molecule has 1 rings (SSSR count). The Morgan fingerprint density at radius 1 is 1.33 bits per heavy atom. The molecule has 2 heteroatoms. The van der Waals surface area contributed by atoms with Crippen molar-refractivity contribution in [1.82, 2.24) is 0 Å². The molecule has 0 saturated heterocycles. The summed E-state index contributed by atoms with van der Waals surface area (Å²) in [6.45, 7) is 4.26. The van der Waals surface area contributed by atoms with E-state index in [1.165, 1.54) is 5.56 Å². The number of rotatable bonds is 2. The molecule has 0 aliphatic heterocycles. The van der Waals surface area contributed by atoms with Crippen molar-refractivity contribution in [3.8, 4) is 0 Å². The van der Waals surface area contributed by atoms with E-state index in [1.807, 2.05) is 12.1 Å². The third kappa shape index (κ3) is 2.32. The van der Waals surface area contributed by atoms with E-state index >= 15 is 0 Å². The molecular formula is C10H14BrN. The number of hydrogen-bond donors (Lipinski definition) is 1. The highest BCUT2D eigenvalue weighted by Crippen LogP contribution is 2.21. The molecule has 0 aromatic heterocycles. The molecule has 0 saturated carbocycles. The number of benzene rings is 1. The van der Waals surface area contributed by atoms with Gasteiger partial charge in [-0.2, -0.15) is 0 Å². The predicted octanol–water partition coefficient (Wildman–Crippen LogP) is 3.10. The minimum atomic E-state index is 0.141. The van der Waals surface area contributed by atoms with Gasteiger partial charge in [0.2, 0.25) is 0 Å². The lowest BCUT2D eigenvalue weighted by molar-refractivity contribution is 0.514. The monoisotopic (exact) mass is 227 g/mol. The van der Waals surface area contributed by atoms with E-state index in [0.29, 0.717) is 5.92 Å². The van der Waals surface area contributed by atoms with Crippen LogP contribution in [0.2, 0.25) is 0 Å². The third-order valence-electron chi connectivity index (χ3n) is 1.95. The Kier molecular flexibility index (Phi) is 3.29. The van der Waals surface area contributed by atoms with E-state index in [4.69, 9.17) is 5.73 Å². The molecule has 0 bridgehead atoms. The molecule has 1 aromatic rings. The van der Waals surface area contributed by atoms with E-state index < -0.39 is 0 Å². The van der Waals surface area contributed by atoms with Crippen LogP contribution in [0.15, 0.2) is 28.7 Å². The SMILES string of the molecule is CC(C)[C@H](N)c1cccc(Br)c1. The quantitative estimate of drug-likeness (QED) is 0.826. The Labute approximate surface area is 82.1 Å². The standard InChI is InChI=1S/C10H14BrN/c1-7(2)10(12)8-4-3-5-9(11)6-8/h3-7,10H,12H2,1-2H3/t10-/m0/s1. The maximum atomic E-state index is 5.99. The van der Waals surface area contributed by atoms with Gasteiger partial charge in [-0.25, -0.2) is 0 Å². The van der Waals surface area contributed by atoms with Gasteiger partial charge in [0, 0.05) is 10.5 Å². The first-order chi connectivity index (χ1) is 5.61. The van der Waals surface area contributed by atoms with Crippen molar-refractivity contribution in [2.24, 2.45) is 11.7 Å². The normalized spacial score (nSPS) is 13.4. The van der Waals surface area contributed by atoms with Crippen LogP contribution in [0.4, 0.5) is 0 Å². The van der Waals surface area contributed by atoms with Crippen molar-refractivity contribution in [2.45, 2.75) is 19.9 Å². The largest absolute Gasteiger partial charge is 0.324 e. The van der Waals surface area contributed by atoms with Gasteiger partial charge in [-0.1, -0.05) is 41.9 Å². The van der Waals surface area contributed by atoms with Crippen LogP contribution in [-0.4, -0.2) is 0 Å². The maximum Gasteiger partial charge on any atom is 0.0318 e. The molecule has 2 N–H and O–H groups in total. The number of nitrogens with two attached hydrogens (primary N) is 1. The molecular weight excluding hydrogens is 214 g/mol. The van der Waals surface area contributed by atoms with Crippen LogP contribution in [0.5, 0.6) is 0 Å². The molecule has 12 heavy (non-hydrogen) atoms. The second-order valence-corrected chi connectivity index (χ2v) is 4.24. The van der Waals surface area contributed by atoms with Crippen molar-refractivity contribution < 1.29 is 0 Å². The van der Waals surface area contributed by atoms with Gasteiger partial charge in [0.05, 0.1) is 0 Å². The van der Waals surface area contributed by atoms with Crippen molar-refractivity contribution in [3.05, 3.63) is 34.3 Å². The highest BCUT2D eigenvalue weighted by Gasteiger charge is 2.09. The lowest BCUT2D eigenvalue weighted by Crippen LogP contribution is -2.16. The molecule has 0 radical (unpaired) electrons. The Bertz CT molecular complexity index is 258. The van der Waals surface area contributed by atoms with Crippen LogP contribution >= 0.6 is 15.9 Å². The molecule has 1 atom stereocenters. The smallest absolute Gasteiger partial charge is 0.0318 e. The first-order valence-electron chi connectivity index (χ1n) is 4.12. The predicted molar refractivity (Wildman–Crippen MR) is 55.9 cm³/mol. The fraction of sp³-hybridized carbons (Fsp3) is 0.400. The van der Waals surface area contributed by atoms with Gasteiger partial charge in [-0.15, -0.1) is 0 Å². The van der Waals surface area contributed by atoms with Gasteiger partial charge >= 0.3 is 0 Å². The summed E-state index contributed by atoms with van der Waals surface area (Å²) in [7, 11) is 0. The van der Waals surface area contributed by atoms with Gasteiger partial charge in [0.15, 0.2) is 0 Å². The van der Waals surface area contributed by atoms with Gasteiger partial charge in [0.25, 0.3) is 0 Å². The minimum Gasteiger partial charge on any atom is -0.324 e. The highest BCUT2D eigenvalue weighted by atomic mass is 79.9. The summed E-state index contributed by atoms with van der Waals surface area (Å²) in [5.74, 6) is 0.485. The Balaban J connectivity index is 2.88. The van der Waals surface area contributed by atoms with E-state index in [-0.39, 0.29) is 6.04 Å². The molecule has 0 fully saturated rings. The molecule has 1 aromatic carbocycles. The average molecular weight is 228 g/mol. The summed E-state index contributed by atoms with van der Waals surface area (Å²) in [5, 5.41) is 0. The molecule has 1 nitrogen and oxygen atoms in total. The molecule has 0 heterocycles. The zero-order chi connectivity index (χ0) is 9.14. The summed E-state index contributed by atoms with van der Waals surface area (Å²) in [6, 6.07) is 8.31. The van der Waals surface area contributed by atoms with Gasteiger partial charge in [0.1, 0.15) is 0 Å². The molecule has 0 aliphatic rings. The lowest BCUT2D eigenvalue weighted by atomic mass is 9.97. The summed E-state index contributed by atoms with van der Waals surface area (Å²) in [6.07, 6.45) is 0. The Morgan fingerprint density at radius 2 is 2.00 bits per heavy atom. The molecule has 0 unspecified atom stereocenters. The van der Waals surface area contributed by atoms with E-state index in [9.17, 15) is 0 Å². The van der Waals surface area contributed by atoms with Crippen molar-refractivity contribution in [3.63, 3.8) is 0 Å². The zero-order valence-electron chi connectivity index (χ0n) is 7.42. The summed E-state index contributed by atoms with van der Waals surface area (Å²) >= 11 is 3.42. The average Bonchev–Trinajstić information content (AvgIpc) is 2.03. The van der Waals surface area contributed by atoms with Gasteiger partial charge in [-0.05, 0) is 23.6 Å². The van der Waals surface area contributed by atoms with Crippen LogP contribution in [0.25, 0.3) is 0 Å². The molecule has 0 aliphatic carbocycles. The second kappa shape index (κ2) is 4.06. The van der Waals surface area contributed by atoms with Crippen molar-refractivity contribution >= 4 is 15.9 Å². The lowest BCUT2D eigenvalue weighted by Gasteiger charge is -2.15. The summed E-state index contributed by atoms with van der Waals surface area (Å²) in [4.78, 5) is 0. The second-order valence-electron chi connectivity index (χ2n) is 3.32. The van der Waals surface area contributed by atoms with Crippen LogP contribution in [0, 0.1) is 5.92 Å². The topological polar surface area (TPSA) is 26.0 Å². The van der Waals surface area contributed by atoms with Crippen molar-refractivity contribution in [2.75, 3.05) is 0 Å². The highest BCUT2D eigenvalue weighted by molar-refractivity contribution is 9.10. The first kappa shape index (κ1) is 9.75. The van der Waals surface area contributed by atoms with Crippen LogP contribution in [0.3, 0.4) is 0 Å². The fourth-order valence-corrected chi connectivity index (χ4v) is 1.52. The van der Waals surface area contributed by atoms with Crippen LogP contribution < -0.4 is 5.73 Å².